The summed E-state index contributed by atoms with van der Waals surface area (Å²) < 4.78 is 0. The average molecular weight is 309 g/mol. The Morgan fingerprint density at radius 3 is 2.71 bits per heavy atom. The van der Waals surface area contributed by atoms with Gasteiger partial charge in [0.1, 0.15) is 9.88 Å². The number of aromatic nitrogens is 1. The number of hydrogen-bond acceptors (Lipinski definition) is 4. The summed E-state index contributed by atoms with van der Waals surface area (Å²) in [6.07, 6.45) is 4.65. The number of rotatable bonds is 2. The topological polar surface area (TPSA) is 62.3 Å². The molecule has 1 aromatic heterocycles. The van der Waals surface area contributed by atoms with Gasteiger partial charge in [0.15, 0.2) is 0 Å². The van der Waals surface area contributed by atoms with Crippen molar-refractivity contribution in [1.82, 2.24) is 15.2 Å². The summed E-state index contributed by atoms with van der Waals surface area (Å²) in [5.41, 5.74) is -0.392. The van der Waals surface area contributed by atoms with Crippen molar-refractivity contribution in [3.05, 3.63) is 16.1 Å². The number of carbonyl (C=O) groups is 2. The van der Waals surface area contributed by atoms with Crippen LogP contribution in [-0.2, 0) is 4.79 Å². The van der Waals surface area contributed by atoms with Crippen molar-refractivity contribution in [2.75, 3.05) is 13.6 Å². The number of piperidine rings is 1. The lowest BCUT2D eigenvalue weighted by molar-refractivity contribution is -0.143. The zero-order chi connectivity index (χ0) is 15.6. The molecule has 1 atom stereocenters. The molecule has 1 aliphatic heterocycles. The van der Waals surface area contributed by atoms with Crippen LogP contribution in [0, 0.1) is 5.41 Å². The largest absolute Gasteiger partial charge is 0.354 e. The first-order valence-corrected chi connectivity index (χ1v) is 8.15. The highest BCUT2D eigenvalue weighted by atomic mass is 32.1. The van der Waals surface area contributed by atoms with Gasteiger partial charge in [-0.05, 0) is 19.3 Å². The van der Waals surface area contributed by atoms with Gasteiger partial charge in [-0.3, -0.25) is 9.59 Å². The molecule has 5 nitrogen and oxygen atoms in total. The fourth-order valence-corrected chi connectivity index (χ4v) is 3.54. The van der Waals surface area contributed by atoms with Gasteiger partial charge >= 0.3 is 0 Å². The van der Waals surface area contributed by atoms with E-state index in [1.54, 1.807) is 13.2 Å². The molecule has 0 saturated carbocycles. The van der Waals surface area contributed by atoms with E-state index in [1.807, 2.05) is 25.7 Å². The third-order valence-electron chi connectivity index (χ3n) is 3.66. The molecule has 0 aromatic carbocycles. The van der Waals surface area contributed by atoms with Crippen LogP contribution in [0.4, 0.5) is 0 Å². The normalized spacial score (nSPS) is 19.4. The molecular weight excluding hydrogens is 286 g/mol. The monoisotopic (exact) mass is 309 g/mol. The van der Waals surface area contributed by atoms with Crippen LogP contribution in [0.1, 0.15) is 60.8 Å². The van der Waals surface area contributed by atoms with E-state index < -0.39 is 5.41 Å². The van der Waals surface area contributed by atoms with Crippen molar-refractivity contribution < 1.29 is 9.59 Å². The Morgan fingerprint density at radius 2 is 2.10 bits per heavy atom. The van der Waals surface area contributed by atoms with E-state index in [4.69, 9.17) is 0 Å². The van der Waals surface area contributed by atoms with Crippen molar-refractivity contribution >= 4 is 23.2 Å². The number of hydrogen-bond donors (Lipinski definition) is 1. The molecule has 116 valence electrons. The van der Waals surface area contributed by atoms with Crippen molar-refractivity contribution in [2.45, 2.75) is 46.1 Å². The van der Waals surface area contributed by atoms with Crippen LogP contribution in [0.3, 0.4) is 0 Å². The van der Waals surface area contributed by atoms with E-state index in [0.717, 1.165) is 30.8 Å². The highest BCUT2D eigenvalue weighted by Crippen LogP contribution is 2.36. The smallest absolute Gasteiger partial charge is 0.262 e. The summed E-state index contributed by atoms with van der Waals surface area (Å²) >= 11 is 1.39. The Balaban J connectivity index is 2.25. The van der Waals surface area contributed by atoms with Crippen LogP contribution < -0.4 is 5.32 Å². The standard InChI is InChI=1S/C15H23N3O2S/c1-15(2,3)14(20)18-8-6-5-7-10(18)13-17-9-11(21-13)12(19)16-4/h9-10H,5-8H2,1-4H3,(H,16,19)/t10-/m1/s1. The van der Waals surface area contributed by atoms with Gasteiger partial charge in [0.05, 0.1) is 12.2 Å². The lowest BCUT2D eigenvalue weighted by atomic mass is 9.91. The van der Waals surface area contributed by atoms with Crippen molar-refractivity contribution in [3.63, 3.8) is 0 Å². The Labute approximate surface area is 129 Å². The van der Waals surface area contributed by atoms with Gasteiger partial charge in [0, 0.05) is 19.0 Å². The number of thiazole rings is 1. The molecule has 1 saturated heterocycles. The number of carbonyl (C=O) groups excluding carboxylic acids is 2. The predicted molar refractivity (Wildman–Crippen MR) is 83.3 cm³/mol. The molecule has 1 aromatic rings. The first-order valence-electron chi connectivity index (χ1n) is 7.33. The van der Waals surface area contributed by atoms with Gasteiger partial charge in [-0.2, -0.15) is 0 Å². The third kappa shape index (κ3) is 3.43. The van der Waals surface area contributed by atoms with E-state index in [-0.39, 0.29) is 17.9 Å². The van der Waals surface area contributed by atoms with Crippen LogP contribution in [0.25, 0.3) is 0 Å². The van der Waals surface area contributed by atoms with E-state index in [0.29, 0.717) is 4.88 Å². The van der Waals surface area contributed by atoms with Gasteiger partial charge in [0.25, 0.3) is 5.91 Å². The molecule has 1 N–H and O–H groups in total. The molecule has 0 spiro atoms. The van der Waals surface area contributed by atoms with E-state index in [1.165, 1.54) is 11.3 Å². The maximum absolute atomic E-state index is 12.6. The lowest BCUT2D eigenvalue weighted by Gasteiger charge is -2.38. The average Bonchev–Trinajstić information content (AvgIpc) is 2.94. The minimum Gasteiger partial charge on any atom is -0.354 e. The zero-order valence-electron chi connectivity index (χ0n) is 13.1. The maximum atomic E-state index is 12.6. The predicted octanol–water partition coefficient (Wildman–Crippen LogP) is 2.60. The van der Waals surface area contributed by atoms with Crippen LogP contribution in [0.15, 0.2) is 6.20 Å². The summed E-state index contributed by atoms with van der Waals surface area (Å²) in [5, 5.41) is 3.47. The van der Waals surface area contributed by atoms with Gasteiger partial charge in [-0.1, -0.05) is 20.8 Å². The highest BCUT2D eigenvalue weighted by molar-refractivity contribution is 7.13. The summed E-state index contributed by atoms with van der Waals surface area (Å²) in [5.74, 6) is 0.0344. The third-order valence-corrected chi connectivity index (χ3v) is 4.76. The maximum Gasteiger partial charge on any atom is 0.262 e. The quantitative estimate of drug-likeness (QED) is 0.913. The van der Waals surface area contributed by atoms with Crippen molar-refractivity contribution in [3.8, 4) is 0 Å². The molecule has 0 unspecified atom stereocenters. The SMILES string of the molecule is CNC(=O)c1cnc([C@H]2CCCCN2C(=O)C(C)(C)C)s1. The Hall–Kier alpha value is -1.43. The summed E-state index contributed by atoms with van der Waals surface area (Å²) in [6.45, 7) is 6.60. The number of nitrogens with one attached hydrogen (secondary N) is 1. The second-order valence-electron chi connectivity index (χ2n) is 6.40. The molecule has 0 aliphatic carbocycles. The molecule has 21 heavy (non-hydrogen) atoms. The van der Waals surface area contributed by atoms with Gasteiger partial charge < -0.3 is 10.2 Å². The van der Waals surface area contributed by atoms with Crippen LogP contribution in [0.5, 0.6) is 0 Å². The summed E-state index contributed by atoms with van der Waals surface area (Å²) in [6, 6.07) is 0.00822. The molecule has 1 aliphatic rings. The molecule has 0 bridgehead atoms. The Morgan fingerprint density at radius 1 is 1.38 bits per heavy atom. The summed E-state index contributed by atoms with van der Waals surface area (Å²) in [4.78, 5) is 31.2. The molecular formula is C15H23N3O2S. The summed E-state index contributed by atoms with van der Waals surface area (Å²) in [7, 11) is 1.61. The van der Waals surface area contributed by atoms with Crippen LogP contribution >= 0.6 is 11.3 Å². The molecule has 2 amide bonds. The molecule has 1 fully saturated rings. The Bertz CT molecular complexity index is 533. The molecule has 2 heterocycles. The number of likely N-dealkylation sites (tertiary alicyclic amines) is 1. The highest BCUT2D eigenvalue weighted by Gasteiger charge is 2.35. The molecule has 0 radical (unpaired) electrons. The second-order valence-corrected chi connectivity index (χ2v) is 7.46. The van der Waals surface area contributed by atoms with Gasteiger partial charge in [0.2, 0.25) is 5.91 Å². The van der Waals surface area contributed by atoms with Crippen LogP contribution in [-0.4, -0.2) is 35.3 Å². The van der Waals surface area contributed by atoms with E-state index in [9.17, 15) is 9.59 Å². The lowest BCUT2D eigenvalue weighted by Crippen LogP contribution is -2.44. The fraction of sp³-hybridized carbons (Fsp3) is 0.667. The van der Waals surface area contributed by atoms with Crippen LogP contribution in [0.2, 0.25) is 0 Å². The van der Waals surface area contributed by atoms with Gasteiger partial charge in [-0.25, -0.2) is 4.98 Å². The fourth-order valence-electron chi connectivity index (χ4n) is 2.53. The van der Waals surface area contributed by atoms with Crippen molar-refractivity contribution in [1.29, 1.82) is 0 Å². The second kappa shape index (κ2) is 6.13. The number of nitrogens with zero attached hydrogens (tertiary/aromatic N) is 2. The first kappa shape index (κ1) is 15.9. The van der Waals surface area contributed by atoms with E-state index in [2.05, 4.69) is 10.3 Å². The Kier molecular flexibility index (Phi) is 4.66. The zero-order valence-corrected chi connectivity index (χ0v) is 13.9. The van der Waals surface area contributed by atoms with Gasteiger partial charge in [-0.15, -0.1) is 11.3 Å². The molecule has 6 heteroatoms. The molecule has 2 rings (SSSR count). The van der Waals surface area contributed by atoms with E-state index >= 15 is 0 Å². The van der Waals surface area contributed by atoms with Crippen molar-refractivity contribution in [2.24, 2.45) is 5.41 Å². The first-order chi connectivity index (χ1) is 9.84. The minimum absolute atomic E-state index is 0.00822. The minimum atomic E-state index is -0.392. The number of amides is 2.